The van der Waals surface area contributed by atoms with Crippen molar-refractivity contribution >= 4 is 57.7 Å². The van der Waals surface area contributed by atoms with Crippen molar-refractivity contribution in [1.82, 2.24) is 40.6 Å². The summed E-state index contributed by atoms with van der Waals surface area (Å²) in [5.74, 6) is -2.91. The number of nitrogens with two attached hydrogens (primary N) is 1. The summed E-state index contributed by atoms with van der Waals surface area (Å²) < 4.78 is 0. The zero-order valence-electron chi connectivity index (χ0n) is 29.3. The highest BCUT2D eigenvalue weighted by Crippen LogP contribution is 2.25. The number of likely N-dealkylation sites (N-methyl/N-ethyl adjacent to an activating group) is 2. The highest BCUT2D eigenvalue weighted by Gasteiger charge is 2.30. The maximum Gasteiger partial charge on any atom is 0.271 e. The standard InChI is InChI=1S/C34H47N9O6S/c1-19(2)13-25-31-40-27(18-50-31)30(46)39-26(14-22-15-36-24-10-8-7-9-23(22)24)34(49)42(6)16-28(44)37-21(4)33(48)41(5)11-12-43(17-29(45)38-25)32(47)20(3)35/h7-10,15,18-21,25-26,36H,11-14,16-17,35H2,1-6H3,(H,37,44)(H,38,45)(H,39,46)/t20-,21+,25+,26-/m1/s1. The average molecular weight is 710 g/mol. The third-order valence-corrected chi connectivity index (χ3v) is 9.38. The van der Waals surface area contributed by atoms with Crippen LogP contribution in [0.1, 0.15) is 61.2 Å². The Hall–Kier alpha value is -4.83. The average Bonchev–Trinajstić information content (AvgIpc) is 3.72. The number of hydrogen-bond donors (Lipinski definition) is 5. The van der Waals surface area contributed by atoms with E-state index in [0.717, 1.165) is 16.5 Å². The first-order valence-electron chi connectivity index (χ1n) is 16.6. The number of fused-ring (bicyclic) bond motifs is 3. The van der Waals surface area contributed by atoms with Crippen molar-refractivity contribution in [2.24, 2.45) is 11.7 Å². The summed E-state index contributed by atoms with van der Waals surface area (Å²) in [6.07, 6.45) is 2.41. The van der Waals surface area contributed by atoms with Crippen molar-refractivity contribution in [3.8, 4) is 0 Å². The molecule has 1 aliphatic rings. The quantitative estimate of drug-likeness (QED) is 0.256. The second kappa shape index (κ2) is 16.7. The number of aromatic amines is 1. The molecule has 3 heterocycles. The Bertz CT molecular complexity index is 1720. The second-order valence-electron chi connectivity index (χ2n) is 13.2. The number of H-pyrrole nitrogens is 1. The fraction of sp³-hybridized carbons (Fsp3) is 0.500. The van der Waals surface area contributed by atoms with Gasteiger partial charge in [0.05, 0.1) is 25.2 Å². The molecule has 0 aliphatic carbocycles. The largest absolute Gasteiger partial charge is 0.361 e. The summed E-state index contributed by atoms with van der Waals surface area (Å²) in [6.45, 7) is 6.41. The number of nitrogens with zero attached hydrogens (tertiary/aromatic N) is 4. The molecule has 0 fully saturated rings. The van der Waals surface area contributed by atoms with Gasteiger partial charge in [-0.1, -0.05) is 32.0 Å². The van der Waals surface area contributed by atoms with E-state index < -0.39 is 59.6 Å². The van der Waals surface area contributed by atoms with Crippen molar-refractivity contribution in [3.05, 3.63) is 52.1 Å². The van der Waals surface area contributed by atoms with E-state index in [-0.39, 0.29) is 44.2 Å². The summed E-state index contributed by atoms with van der Waals surface area (Å²) >= 11 is 1.20. The highest BCUT2D eigenvalue weighted by molar-refractivity contribution is 7.09. The maximum absolute atomic E-state index is 13.9. The molecule has 0 radical (unpaired) electrons. The molecule has 0 unspecified atom stereocenters. The van der Waals surface area contributed by atoms with E-state index in [1.807, 2.05) is 38.1 Å². The van der Waals surface area contributed by atoms with E-state index in [4.69, 9.17) is 5.73 Å². The number of rotatable bonds is 5. The minimum absolute atomic E-state index is 0.0160. The Morgan fingerprint density at radius 3 is 2.34 bits per heavy atom. The smallest absolute Gasteiger partial charge is 0.271 e. The zero-order valence-corrected chi connectivity index (χ0v) is 30.1. The topological polar surface area (TPSA) is 203 Å². The van der Waals surface area contributed by atoms with Gasteiger partial charge < -0.3 is 41.4 Å². The van der Waals surface area contributed by atoms with Crippen molar-refractivity contribution in [2.75, 3.05) is 40.3 Å². The minimum Gasteiger partial charge on any atom is -0.361 e. The molecule has 6 N–H and O–H groups in total. The second-order valence-corrected chi connectivity index (χ2v) is 14.1. The Morgan fingerprint density at radius 2 is 1.64 bits per heavy atom. The fourth-order valence-electron chi connectivity index (χ4n) is 5.79. The molecule has 0 spiro atoms. The van der Waals surface area contributed by atoms with Gasteiger partial charge in [-0.25, -0.2) is 4.98 Å². The van der Waals surface area contributed by atoms with Crippen molar-refractivity contribution in [3.63, 3.8) is 0 Å². The number of para-hydroxylation sites is 1. The number of aromatic nitrogens is 2. The van der Waals surface area contributed by atoms with Crippen LogP contribution in [0.5, 0.6) is 0 Å². The number of carbonyl (C=O) groups excluding carboxylic acids is 6. The molecule has 270 valence electrons. The molecule has 16 heteroatoms. The fourth-order valence-corrected chi connectivity index (χ4v) is 6.65. The lowest BCUT2D eigenvalue weighted by Crippen LogP contribution is -2.53. The molecular weight excluding hydrogens is 662 g/mol. The number of benzene rings is 1. The van der Waals surface area contributed by atoms with Gasteiger partial charge in [-0.05, 0) is 37.8 Å². The Labute approximate surface area is 295 Å². The molecule has 4 atom stereocenters. The molecule has 0 saturated heterocycles. The molecule has 0 saturated carbocycles. The first-order valence-corrected chi connectivity index (χ1v) is 17.5. The van der Waals surface area contributed by atoms with Gasteiger partial charge in [0, 0.05) is 56.1 Å². The molecule has 4 rings (SSSR count). The summed E-state index contributed by atoms with van der Waals surface area (Å²) in [5, 5.41) is 11.4. The van der Waals surface area contributed by atoms with Gasteiger partial charge in [-0.15, -0.1) is 11.3 Å². The predicted molar refractivity (Wildman–Crippen MR) is 189 cm³/mol. The van der Waals surface area contributed by atoms with E-state index >= 15 is 0 Å². The molecule has 2 aromatic heterocycles. The molecule has 6 amide bonds. The monoisotopic (exact) mass is 709 g/mol. The van der Waals surface area contributed by atoms with E-state index in [2.05, 4.69) is 25.9 Å². The maximum atomic E-state index is 13.9. The Balaban J connectivity index is 1.68. The molecule has 15 nitrogen and oxygen atoms in total. The van der Waals surface area contributed by atoms with Gasteiger partial charge in [0.1, 0.15) is 22.8 Å². The summed E-state index contributed by atoms with van der Waals surface area (Å²) in [5.41, 5.74) is 7.61. The number of carbonyl (C=O) groups is 6. The molecule has 1 aliphatic heterocycles. The van der Waals surface area contributed by atoms with E-state index in [1.165, 1.54) is 54.0 Å². The van der Waals surface area contributed by atoms with Crippen molar-refractivity contribution < 1.29 is 28.8 Å². The lowest BCUT2D eigenvalue weighted by Gasteiger charge is -2.29. The van der Waals surface area contributed by atoms with E-state index in [9.17, 15) is 28.8 Å². The van der Waals surface area contributed by atoms with Crippen LogP contribution in [0.3, 0.4) is 0 Å². The van der Waals surface area contributed by atoms with E-state index in [1.54, 1.807) is 11.6 Å². The summed E-state index contributed by atoms with van der Waals surface area (Å²) in [4.78, 5) is 91.7. The van der Waals surface area contributed by atoms with Gasteiger partial charge in [-0.2, -0.15) is 0 Å². The van der Waals surface area contributed by atoms with Crippen molar-refractivity contribution in [1.29, 1.82) is 0 Å². The first-order chi connectivity index (χ1) is 23.6. The molecule has 2 bridgehead atoms. The SMILES string of the molecule is CC(C)C[C@@H]1NC(=O)CN(C(=O)[C@@H](C)N)CCN(C)C(=O)[C@H](C)NC(=O)CN(C)C(=O)[C@@H](Cc2c[nH]c3ccccc23)NC(=O)c2csc1n2. The molecule has 1 aromatic carbocycles. The molecule has 3 aromatic rings. The lowest BCUT2D eigenvalue weighted by atomic mass is 10.0. The van der Waals surface area contributed by atoms with Crippen molar-refractivity contribution in [2.45, 2.75) is 64.7 Å². The number of nitrogens with one attached hydrogen (secondary N) is 4. The predicted octanol–water partition coefficient (Wildman–Crippen LogP) is 0.780. The van der Waals surface area contributed by atoms with Gasteiger partial charge in [0.15, 0.2) is 0 Å². The lowest BCUT2D eigenvalue weighted by molar-refractivity contribution is -0.139. The summed E-state index contributed by atoms with van der Waals surface area (Å²) in [7, 11) is 2.98. The summed E-state index contributed by atoms with van der Waals surface area (Å²) in [6, 6.07) is 4.11. The van der Waals surface area contributed by atoms with Crippen LogP contribution in [0.25, 0.3) is 10.9 Å². The molecule has 50 heavy (non-hydrogen) atoms. The highest BCUT2D eigenvalue weighted by atomic mass is 32.1. The van der Waals surface area contributed by atoms with Crippen LogP contribution in [0.15, 0.2) is 35.8 Å². The third-order valence-electron chi connectivity index (χ3n) is 8.42. The van der Waals surface area contributed by atoms with Gasteiger partial charge in [-0.3, -0.25) is 28.8 Å². The van der Waals surface area contributed by atoms with Crippen LogP contribution >= 0.6 is 11.3 Å². The number of thiazole rings is 1. The van der Waals surface area contributed by atoms with Crippen LogP contribution < -0.4 is 21.7 Å². The van der Waals surface area contributed by atoms with Gasteiger partial charge in [0.2, 0.25) is 29.5 Å². The molecular formula is C34H47N9O6S. The van der Waals surface area contributed by atoms with Crippen LogP contribution in [0, 0.1) is 5.92 Å². The van der Waals surface area contributed by atoms with Crippen LogP contribution in [0.4, 0.5) is 0 Å². The van der Waals surface area contributed by atoms with Gasteiger partial charge >= 0.3 is 0 Å². The normalized spacial score (nSPS) is 21.5. The number of amides is 6. The Morgan fingerprint density at radius 1 is 0.940 bits per heavy atom. The van der Waals surface area contributed by atoms with Crippen LogP contribution in [-0.2, 0) is 30.4 Å². The van der Waals surface area contributed by atoms with Crippen LogP contribution in [-0.4, -0.2) is 119 Å². The number of hydrogen-bond acceptors (Lipinski definition) is 9. The minimum atomic E-state index is -1.07. The Kier molecular flexibility index (Phi) is 12.7. The first kappa shape index (κ1) is 38.0. The van der Waals surface area contributed by atoms with E-state index in [0.29, 0.717) is 11.4 Å². The van der Waals surface area contributed by atoms with Gasteiger partial charge in [0.25, 0.3) is 5.91 Å². The zero-order chi connectivity index (χ0) is 36.7. The van der Waals surface area contributed by atoms with Crippen LogP contribution in [0.2, 0.25) is 0 Å². The third kappa shape index (κ3) is 9.65.